The van der Waals surface area contributed by atoms with Crippen molar-refractivity contribution >= 4 is 0 Å². The van der Waals surface area contributed by atoms with E-state index in [-0.39, 0.29) is 0 Å². The zero-order valence-electron chi connectivity index (χ0n) is 11.9. The zero-order chi connectivity index (χ0) is 13.8. The topological polar surface area (TPSA) is 3.24 Å². The van der Waals surface area contributed by atoms with Crippen molar-refractivity contribution in [1.82, 2.24) is 4.90 Å². The molecule has 0 atom stereocenters. The lowest BCUT2D eigenvalue weighted by Crippen LogP contribution is -2.23. The van der Waals surface area contributed by atoms with Crippen LogP contribution in [0.1, 0.15) is 22.3 Å². The average Bonchev–Trinajstić information content (AvgIpc) is 2.54. The van der Waals surface area contributed by atoms with Gasteiger partial charge >= 0.3 is 0 Å². The van der Waals surface area contributed by atoms with E-state index in [1.807, 2.05) is 6.08 Å². The SMILES string of the molecule is C=CCN1Cc2ccccc2CCc2ccccc2C1. The number of fused-ring (bicyclic) bond motifs is 2. The van der Waals surface area contributed by atoms with Crippen LogP contribution in [0.2, 0.25) is 0 Å². The van der Waals surface area contributed by atoms with Gasteiger partial charge in [-0.1, -0.05) is 54.6 Å². The number of benzene rings is 2. The number of nitrogens with zero attached hydrogens (tertiary/aromatic N) is 1. The van der Waals surface area contributed by atoms with Crippen molar-refractivity contribution in [3.8, 4) is 0 Å². The summed E-state index contributed by atoms with van der Waals surface area (Å²) in [5.41, 5.74) is 5.89. The Labute approximate surface area is 121 Å². The third-order valence-corrected chi connectivity index (χ3v) is 4.08. The molecular weight excluding hydrogens is 242 g/mol. The largest absolute Gasteiger partial charge is 0.291 e. The summed E-state index contributed by atoms with van der Waals surface area (Å²) in [6.45, 7) is 6.86. The molecule has 1 heterocycles. The first-order valence-electron chi connectivity index (χ1n) is 7.33. The summed E-state index contributed by atoms with van der Waals surface area (Å²) in [7, 11) is 0. The van der Waals surface area contributed by atoms with Crippen molar-refractivity contribution in [2.75, 3.05) is 6.54 Å². The third kappa shape index (κ3) is 2.83. The van der Waals surface area contributed by atoms with Gasteiger partial charge in [0.1, 0.15) is 0 Å². The third-order valence-electron chi connectivity index (χ3n) is 4.08. The second-order valence-corrected chi connectivity index (χ2v) is 5.50. The van der Waals surface area contributed by atoms with Gasteiger partial charge in [0, 0.05) is 19.6 Å². The monoisotopic (exact) mass is 263 g/mol. The van der Waals surface area contributed by atoms with Crippen LogP contribution >= 0.6 is 0 Å². The van der Waals surface area contributed by atoms with Gasteiger partial charge in [-0.05, 0) is 35.1 Å². The van der Waals surface area contributed by atoms with Gasteiger partial charge in [-0.3, -0.25) is 4.90 Å². The van der Waals surface area contributed by atoms with E-state index in [0.29, 0.717) is 0 Å². The fourth-order valence-electron chi connectivity index (χ4n) is 3.03. The molecule has 0 amide bonds. The molecule has 20 heavy (non-hydrogen) atoms. The molecule has 0 bridgehead atoms. The van der Waals surface area contributed by atoms with Crippen LogP contribution < -0.4 is 0 Å². The van der Waals surface area contributed by atoms with Crippen molar-refractivity contribution in [1.29, 1.82) is 0 Å². The minimum Gasteiger partial charge on any atom is -0.291 e. The number of rotatable bonds is 2. The highest BCUT2D eigenvalue weighted by atomic mass is 15.1. The molecule has 2 aromatic rings. The molecular formula is C19H21N. The molecule has 0 radical (unpaired) electrons. The van der Waals surface area contributed by atoms with Gasteiger partial charge in [-0.2, -0.15) is 0 Å². The molecule has 2 aromatic carbocycles. The summed E-state index contributed by atoms with van der Waals surface area (Å²) >= 11 is 0. The van der Waals surface area contributed by atoms with Crippen LogP contribution in [0.5, 0.6) is 0 Å². The minimum absolute atomic E-state index is 0.933. The highest BCUT2D eigenvalue weighted by Gasteiger charge is 2.14. The van der Waals surface area contributed by atoms with Gasteiger partial charge in [0.25, 0.3) is 0 Å². The summed E-state index contributed by atoms with van der Waals surface area (Å²) in [6.07, 6.45) is 4.27. The minimum atomic E-state index is 0.933. The molecule has 0 aliphatic carbocycles. The highest BCUT2D eigenvalue weighted by Crippen LogP contribution is 2.21. The van der Waals surface area contributed by atoms with Crippen LogP contribution in [0.15, 0.2) is 61.2 Å². The Bertz CT molecular complexity index is 551. The van der Waals surface area contributed by atoms with E-state index in [0.717, 1.165) is 32.5 Å². The summed E-state index contributed by atoms with van der Waals surface area (Å²) in [5, 5.41) is 0. The van der Waals surface area contributed by atoms with Crippen molar-refractivity contribution in [2.45, 2.75) is 25.9 Å². The molecule has 1 aliphatic heterocycles. The predicted octanol–water partition coefficient (Wildman–Crippen LogP) is 3.97. The quantitative estimate of drug-likeness (QED) is 0.741. The molecule has 3 rings (SSSR count). The van der Waals surface area contributed by atoms with E-state index >= 15 is 0 Å². The van der Waals surface area contributed by atoms with Crippen LogP contribution in [0.4, 0.5) is 0 Å². The van der Waals surface area contributed by atoms with Crippen LogP contribution in [0.3, 0.4) is 0 Å². The van der Waals surface area contributed by atoms with Crippen molar-refractivity contribution in [2.24, 2.45) is 0 Å². The molecule has 0 spiro atoms. The standard InChI is InChI=1S/C19H21N/c1-2-13-20-14-18-9-5-3-7-16(18)11-12-17-8-4-6-10-19(17)15-20/h2-10H,1,11-15H2. The summed E-state index contributed by atoms with van der Waals surface area (Å²) < 4.78 is 0. The second kappa shape index (κ2) is 6.06. The first-order valence-corrected chi connectivity index (χ1v) is 7.33. The lowest BCUT2D eigenvalue weighted by molar-refractivity contribution is 0.285. The van der Waals surface area contributed by atoms with E-state index in [2.05, 4.69) is 60.0 Å². The van der Waals surface area contributed by atoms with Gasteiger partial charge in [-0.25, -0.2) is 0 Å². The zero-order valence-corrected chi connectivity index (χ0v) is 11.9. The van der Waals surface area contributed by atoms with Crippen LogP contribution in [0, 0.1) is 0 Å². The Kier molecular flexibility index (Phi) is 3.98. The van der Waals surface area contributed by atoms with Crippen LogP contribution in [-0.4, -0.2) is 11.4 Å². The van der Waals surface area contributed by atoms with Crippen LogP contribution in [-0.2, 0) is 25.9 Å². The fourth-order valence-corrected chi connectivity index (χ4v) is 3.03. The van der Waals surface area contributed by atoms with E-state index < -0.39 is 0 Å². The van der Waals surface area contributed by atoms with Crippen molar-refractivity contribution in [3.05, 3.63) is 83.4 Å². The highest BCUT2D eigenvalue weighted by molar-refractivity contribution is 5.33. The van der Waals surface area contributed by atoms with E-state index in [1.165, 1.54) is 22.3 Å². The number of aryl methyl sites for hydroxylation is 2. The molecule has 0 N–H and O–H groups in total. The van der Waals surface area contributed by atoms with E-state index in [1.54, 1.807) is 0 Å². The van der Waals surface area contributed by atoms with Crippen molar-refractivity contribution < 1.29 is 0 Å². The first-order chi connectivity index (χ1) is 9.86. The maximum absolute atomic E-state index is 3.90. The first kappa shape index (κ1) is 13.1. The van der Waals surface area contributed by atoms with Gasteiger partial charge in [-0.15, -0.1) is 6.58 Å². The normalized spacial score (nSPS) is 15.4. The summed E-state index contributed by atoms with van der Waals surface area (Å²) in [5.74, 6) is 0. The Morgan fingerprint density at radius 1 is 0.800 bits per heavy atom. The average molecular weight is 263 g/mol. The van der Waals surface area contributed by atoms with Gasteiger partial charge < -0.3 is 0 Å². The Morgan fingerprint density at radius 3 is 1.70 bits per heavy atom. The molecule has 0 saturated carbocycles. The van der Waals surface area contributed by atoms with Gasteiger partial charge in [0.05, 0.1) is 0 Å². The molecule has 1 heteroatoms. The number of hydrogen-bond donors (Lipinski definition) is 0. The van der Waals surface area contributed by atoms with Gasteiger partial charge in [0.2, 0.25) is 0 Å². The lowest BCUT2D eigenvalue weighted by atomic mass is 9.98. The molecule has 0 fully saturated rings. The summed E-state index contributed by atoms with van der Waals surface area (Å²) in [6, 6.07) is 17.7. The summed E-state index contributed by atoms with van der Waals surface area (Å²) in [4.78, 5) is 2.47. The fraction of sp³-hybridized carbons (Fsp3) is 0.263. The van der Waals surface area contributed by atoms with Gasteiger partial charge in [0.15, 0.2) is 0 Å². The second-order valence-electron chi connectivity index (χ2n) is 5.50. The van der Waals surface area contributed by atoms with E-state index in [4.69, 9.17) is 0 Å². The molecule has 1 aliphatic rings. The Hall–Kier alpha value is -1.86. The van der Waals surface area contributed by atoms with Crippen molar-refractivity contribution in [3.63, 3.8) is 0 Å². The molecule has 102 valence electrons. The maximum atomic E-state index is 3.90. The molecule has 0 saturated heterocycles. The maximum Gasteiger partial charge on any atom is 0.0243 e. The Balaban J connectivity index is 1.99. The predicted molar refractivity (Wildman–Crippen MR) is 84.6 cm³/mol. The molecule has 0 aromatic heterocycles. The smallest absolute Gasteiger partial charge is 0.0243 e. The molecule has 1 nitrogen and oxygen atoms in total. The lowest BCUT2D eigenvalue weighted by Gasteiger charge is -2.22. The number of hydrogen-bond acceptors (Lipinski definition) is 1. The van der Waals surface area contributed by atoms with E-state index in [9.17, 15) is 0 Å². The molecule has 0 unspecified atom stereocenters. The Morgan fingerprint density at radius 2 is 1.25 bits per heavy atom. The van der Waals surface area contributed by atoms with Crippen LogP contribution in [0.25, 0.3) is 0 Å².